The number of benzene rings is 1. The predicted octanol–water partition coefficient (Wildman–Crippen LogP) is 4.98. The van der Waals surface area contributed by atoms with E-state index in [1.165, 1.54) is 31.2 Å². The number of carbonyl (C=O) groups excluding carboxylic acids is 1. The number of nitrogens with zero attached hydrogens (tertiary/aromatic N) is 2. The third-order valence-corrected chi connectivity index (χ3v) is 7.87. The Morgan fingerprint density at radius 3 is 2.79 bits per heavy atom. The van der Waals surface area contributed by atoms with Crippen LogP contribution in [0, 0.1) is 11.3 Å². The highest BCUT2D eigenvalue weighted by molar-refractivity contribution is 5.92. The van der Waals surface area contributed by atoms with Gasteiger partial charge in [0.15, 0.2) is 0 Å². The SMILES string of the molecule is CC(C)c1ccc2c(c1)CC[C@H]1[C@](C)(CNC(=O)c3cncn3C)CCC[C@]21C. The van der Waals surface area contributed by atoms with Crippen molar-refractivity contribution in [2.75, 3.05) is 6.54 Å². The summed E-state index contributed by atoms with van der Waals surface area (Å²) in [6.45, 7) is 10.2. The molecule has 1 amide bonds. The van der Waals surface area contributed by atoms with E-state index < -0.39 is 0 Å². The molecule has 1 heterocycles. The molecule has 0 radical (unpaired) electrons. The Morgan fingerprint density at radius 2 is 2.10 bits per heavy atom. The number of hydrogen-bond donors (Lipinski definition) is 1. The Kier molecular flexibility index (Phi) is 5.08. The second-order valence-electron chi connectivity index (χ2n) is 10.2. The third kappa shape index (κ3) is 3.41. The Hall–Kier alpha value is -2.10. The molecule has 0 saturated heterocycles. The van der Waals surface area contributed by atoms with Crippen LogP contribution in [0.3, 0.4) is 0 Å². The first-order chi connectivity index (χ1) is 13.7. The largest absolute Gasteiger partial charge is 0.350 e. The maximum atomic E-state index is 12.7. The van der Waals surface area contributed by atoms with Crippen molar-refractivity contribution < 1.29 is 4.79 Å². The molecule has 0 spiro atoms. The van der Waals surface area contributed by atoms with Crippen LogP contribution in [0.1, 0.15) is 86.5 Å². The fourth-order valence-electron chi connectivity index (χ4n) is 6.16. The quantitative estimate of drug-likeness (QED) is 0.796. The normalized spacial score (nSPS) is 28.7. The van der Waals surface area contributed by atoms with Crippen LogP contribution in [0.2, 0.25) is 0 Å². The van der Waals surface area contributed by atoms with Crippen molar-refractivity contribution in [3.05, 3.63) is 53.1 Å². The lowest BCUT2D eigenvalue weighted by Gasteiger charge is -2.55. The summed E-state index contributed by atoms with van der Waals surface area (Å²) in [5.74, 6) is 1.15. The lowest BCUT2D eigenvalue weighted by molar-refractivity contribution is 0.0253. The molecule has 0 bridgehead atoms. The monoisotopic (exact) mass is 393 g/mol. The first-order valence-electron chi connectivity index (χ1n) is 11.1. The zero-order chi connectivity index (χ0) is 20.8. The first-order valence-corrected chi connectivity index (χ1v) is 11.1. The predicted molar refractivity (Wildman–Crippen MR) is 117 cm³/mol. The van der Waals surface area contributed by atoms with Crippen LogP contribution >= 0.6 is 0 Å². The van der Waals surface area contributed by atoms with Gasteiger partial charge in [-0.25, -0.2) is 4.98 Å². The Morgan fingerprint density at radius 1 is 1.31 bits per heavy atom. The highest BCUT2D eigenvalue weighted by Crippen LogP contribution is 2.57. The number of amides is 1. The van der Waals surface area contributed by atoms with Gasteiger partial charge in [0.2, 0.25) is 0 Å². The molecule has 1 N–H and O–H groups in total. The van der Waals surface area contributed by atoms with Gasteiger partial charge in [0.05, 0.1) is 12.5 Å². The highest BCUT2D eigenvalue weighted by Gasteiger charge is 2.51. The number of fused-ring (bicyclic) bond motifs is 3. The van der Waals surface area contributed by atoms with E-state index in [9.17, 15) is 4.79 Å². The number of aromatic nitrogens is 2. The third-order valence-electron chi connectivity index (χ3n) is 7.87. The Balaban J connectivity index is 1.58. The molecule has 4 rings (SSSR count). The molecule has 2 aromatic rings. The highest BCUT2D eigenvalue weighted by atomic mass is 16.1. The zero-order valence-electron chi connectivity index (χ0n) is 18.6. The van der Waals surface area contributed by atoms with Gasteiger partial charge in [0, 0.05) is 13.6 Å². The molecule has 29 heavy (non-hydrogen) atoms. The summed E-state index contributed by atoms with van der Waals surface area (Å²) >= 11 is 0. The van der Waals surface area contributed by atoms with Crippen molar-refractivity contribution in [2.45, 2.75) is 71.1 Å². The number of rotatable bonds is 4. The van der Waals surface area contributed by atoms with Gasteiger partial charge in [-0.05, 0) is 65.0 Å². The smallest absolute Gasteiger partial charge is 0.269 e. The summed E-state index contributed by atoms with van der Waals surface area (Å²) in [6.07, 6.45) is 9.33. The van der Waals surface area contributed by atoms with Crippen molar-refractivity contribution >= 4 is 5.91 Å². The molecule has 156 valence electrons. The molecular weight excluding hydrogens is 358 g/mol. The van der Waals surface area contributed by atoms with Crippen LogP contribution in [0.5, 0.6) is 0 Å². The summed E-state index contributed by atoms with van der Waals surface area (Å²) in [5.41, 5.74) is 5.51. The van der Waals surface area contributed by atoms with Crippen molar-refractivity contribution in [3.8, 4) is 0 Å². The van der Waals surface area contributed by atoms with Gasteiger partial charge < -0.3 is 9.88 Å². The van der Waals surface area contributed by atoms with Crippen LogP contribution in [0.25, 0.3) is 0 Å². The minimum Gasteiger partial charge on any atom is -0.350 e. The second-order valence-corrected chi connectivity index (χ2v) is 10.2. The lowest BCUT2D eigenvalue weighted by Crippen LogP contribution is -2.53. The molecule has 1 saturated carbocycles. The van der Waals surface area contributed by atoms with Crippen LogP contribution in [0.4, 0.5) is 0 Å². The van der Waals surface area contributed by atoms with E-state index in [0.29, 0.717) is 17.5 Å². The maximum absolute atomic E-state index is 12.7. The Labute approximate surface area is 175 Å². The zero-order valence-corrected chi connectivity index (χ0v) is 18.6. The summed E-state index contributed by atoms with van der Waals surface area (Å²) < 4.78 is 1.78. The van der Waals surface area contributed by atoms with Gasteiger partial charge in [-0.15, -0.1) is 0 Å². The van der Waals surface area contributed by atoms with E-state index in [2.05, 4.69) is 56.2 Å². The van der Waals surface area contributed by atoms with E-state index in [1.54, 1.807) is 28.2 Å². The van der Waals surface area contributed by atoms with Crippen LogP contribution in [-0.2, 0) is 18.9 Å². The van der Waals surface area contributed by atoms with Crippen molar-refractivity contribution in [1.82, 2.24) is 14.9 Å². The first kappa shape index (κ1) is 20.2. The molecule has 4 nitrogen and oxygen atoms in total. The standard InChI is InChI=1S/C25H35N3O/c1-17(2)18-7-9-20-19(13-18)8-10-22-24(3,11-6-12-25(20,22)4)15-27-23(29)21-14-26-16-28(21)5/h7,9,13-14,16-17,22H,6,8,10-12,15H2,1-5H3,(H,27,29)/t22-,24-,25+/m0/s1. The average molecular weight is 394 g/mol. The van der Waals surface area contributed by atoms with Crippen LogP contribution < -0.4 is 5.32 Å². The molecule has 2 aliphatic carbocycles. The molecule has 2 aliphatic rings. The minimum atomic E-state index is -0.0173. The number of carbonyl (C=O) groups is 1. The van der Waals surface area contributed by atoms with Crippen molar-refractivity contribution in [1.29, 1.82) is 0 Å². The number of aryl methyl sites for hydroxylation is 2. The van der Waals surface area contributed by atoms with Gasteiger partial charge in [-0.2, -0.15) is 0 Å². The molecule has 4 heteroatoms. The summed E-state index contributed by atoms with van der Waals surface area (Å²) in [7, 11) is 1.87. The molecule has 1 aromatic heterocycles. The van der Waals surface area contributed by atoms with E-state index in [-0.39, 0.29) is 16.7 Å². The minimum absolute atomic E-state index is 0.0173. The van der Waals surface area contributed by atoms with Crippen LogP contribution in [-0.4, -0.2) is 22.0 Å². The van der Waals surface area contributed by atoms with Gasteiger partial charge in [0.25, 0.3) is 5.91 Å². The number of hydrogen-bond acceptors (Lipinski definition) is 2. The molecule has 1 aromatic carbocycles. The van der Waals surface area contributed by atoms with Gasteiger partial charge in [-0.1, -0.05) is 52.3 Å². The maximum Gasteiger partial charge on any atom is 0.269 e. The van der Waals surface area contributed by atoms with Gasteiger partial charge >= 0.3 is 0 Å². The summed E-state index contributed by atoms with van der Waals surface area (Å²) in [6, 6.07) is 7.21. The fraction of sp³-hybridized carbons (Fsp3) is 0.600. The molecule has 0 unspecified atom stereocenters. The fourth-order valence-corrected chi connectivity index (χ4v) is 6.16. The molecule has 3 atom stereocenters. The molecule has 1 fully saturated rings. The lowest BCUT2D eigenvalue weighted by atomic mass is 9.49. The van der Waals surface area contributed by atoms with E-state index in [4.69, 9.17) is 0 Å². The molecular formula is C25H35N3O. The summed E-state index contributed by atoms with van der Waals surface area (Å²) in [5, 5.41) is 3.23. The van der Waals surface area contributed by atoms with Crippen LogP contribution in [0.15, 0.2) is 30.7 Å². The van der Waals surface area contributed by atoms with Crippen molar-refractivity contribution in [3.63, 3.8) is 0 Å². The van der Waals surface area contributed by atoms with E-state index >= 15 is 0 Å². The van der Waals surface area contributed by atoms with Gasteiger partial charge in [-0.3, -0.25) is 4.79 Å². The molecule has 0 aliphatic heterocycles. The van der Waals surface area contributed by atoms with Gasteiger partial charge in [0.1, 0.15) is 5.69 Å². The number of nitrogens with one attached hydrogen (secondary N) is 1. The second kappa shape index (κ2) is 7.30. The van der Waals surface area contributed by atoms with Crippen molar-refractivity contribution in [2.24, 2.45) is 18.4 Å². The Bertz CT molecular complexity index is 915. The van der Waals surface area contributed by atoms with E-state index in [0.717, 1.165) is 13.0 Å². The van der Waals surface area contributed by atoms with E-state index in [1.807, 2.05) is 7.05 Å². The summed E-state index contributed by atoms with van der Waals surface area (Å²) in [4.78, 5) is 16.8. The topological polar surface area (TPSA) is 46.9 Å². The average Bonchev–Trinajstić information content (AvgIpc) is 3.11. The number of imidazole rings is 1.